The van der Waals surface area contributed by atoms with Crippen LogP contribution in [0.3, 0.4) is 0 Å². The minimum atomic E-state index is -0.142. The van der Waals surface area contributed by atoms with E-state index in [2.05, 4.69) is 10.6 Å². The Morgan fingerprint density at radius 3 is 2.22 bits per heavy atom. The van der Waals surface area contributed by atoms with E-state index >= 15 is 0 Å². The highest BCUT2D eigenvalue weighted by Gasteiger charge is 2.05. The Labute approximate surface area is 116 Å². The summed E-state index contributed by atoms with van der Waals surface area (Å²) in [4.78, 5) is 22.6. The summed E-state index contributed by atoms with van der Waals surface area (Å²) in [6.45, 7) is 4.55. The largest absolute Gasteiger partial charge is 0.352 e. The van der Waals surface area contributed by atoms with Crippen LogP contribution >= 0.6 is 12.4 Å². The number of amides is 2. The number of unbranched alkanes of at least 4 members (excludes halogenated alkanes) is 3. The van der Waals surface area contributed by atoms with E-state index in [0.29, 0.717) is 13.0 Å². The highest BCUT2D eigenvalue weighted by molar-refractivity contribution is 5.85. The number of rotatable bonds is 9. The highest BCUT2D eigenvalue weighted by atomic mass is 35.5. The van der Waals surface area contributed by atoms with Gasteiger partial charge in [-0.15, -0.1) is 12.4 Å². The van der Waals surface area contributed by atoms with Gasteiger partial charge >= 0.3 is 0 Å². The zero-order chi connectivity index (χ0) is 13.1. The van der Waals surface area contributed by atoms with Gasteiger partial charge in [-0.1, -0.05) is 12.8 Å². The maximum Gasteiger partial charge on any atom is 0.239 e. The van der Waals surface area contributed by atoms with Crippen molar-refractivity contribution in [3.63, 3.8) is 0 Å². The average Bonchev–Trinajstić information content (AvgIpc) is 2.25. The van der Waals surface area contributed by atoms with Crippen LogP contribution in [-0.4, -0.2) is 30.9 Å². The van der Waals surface area contributed by atoms with Gasteiger partial charge < -0.3 is 16.4 Å². The van der Waals surface area contributed by atoms with E-state index in [1.54, 1.807) is 0 Å². The van der Waals surface area contributed by atoms with Crippen LogP contribution in [0.5, 0.6) is 0 Å². The van der Waals surface area contributed by atoms with E-state index in [9.17, 15) is 9.59 Å². The van der Waals surface area contributed by atoms with Crippen LogP contribution in [-0.2, 0) is 9.59 Å². The molecule has 4 N–H and O–H groups in total. The molecular weight excluding hydrogens is 254 g/mol. The van der Waals surface area contributed by atoms with E-state index in [1.165, 1.54) is 0 Å². The fraction of sp³-hybridized carbons (Fsp3) is 0.833. The third-order valence-corrected chi connectivity index (χ3v) is 2.25. The Morgan fingerprint density at radius 2 is 1.67 bits per heavy atom. The van der Waals surface area contributed by atoms with Gasteiger partial charge in [0.2, 0.25) is 11.8 Å². The summed E-state index contributed by atoms with van der Waals surface area (Å²) in [7, 11) is 0. The first-order chi connectivity index (χ1) is 8.06. The fourth-order valence-electron chi connectivity index (χ4n) is 1.42. The molecule has 0 rings (SSSR count). The van der Waals surface area contributed by atoms with Crippen molar-refractivity contribution in [1.29, 1.82) is 0 Å². The summed E-state index contributed by atoms with van der Waals surface area (Å²) >= 11 is 0. The molecule has 0 unspecified atom stereocenters. The van der Waals surface area contributed by atoms with Crippen molar-refractivity contribution in [1.82, 2.24) is 10.6 Å². The predicted molar refractivity (Wildman–Crippen MR) is 75.7 cm³/mol. The minimum Gasteiger partial charge on any atom is -0.352 e. The van der Waals surface area contributed by atoms with Gasteiger partial charge in [-0.05, 0) is 33.2 Å². The number of carbonyl (C=O) groups is 2. The standard InChI is InChI=1S/C12H25N3O2.ClH/c1-10(2)15-12(17)9-14-11(16)7-5-3-4-6-8-13;/h10H,3-9,13H2,1-2H3,(H,14,16)(H,15,17);1H. The molecule has 0 atom stereocenters. The van der Waals surface area contributed by atoms with Crippen molar-refractivity contribution < 1.29 is 9.59 Å². The zero-order valence-electron chi connectivity index (χ0n) is 11.3. The number of hydrogen-bond donors (Lipinski definition) is 3. The third-order valence-electron chi connectivity index (χ3n) is 2.25. The van der Waals surface area contributed by atoms with Gasteiger partial charge in [-0.2, -0.15) is 0 Å². The molecule has 5 nitrogen and oxygen atoms in total. The average molecular weight is 280 g/mol. The van der Waals surface area contributed by atoms with Gasteiger partial charge in [0.25, 0.3) is 0 Å². The Bertz CT molecular complexity index is 235. The molecule has 0 saturated carbocycles. The lowest BCUT2D eigenvalue weighted by Gasteiger charge is -2.09. The molecule has 6 heteroatoms. The number of halogens is 1. The van der Waals surface area contributed by atoms with Gasteiger partial charge in [-0.3, -0.25) is 9.59 Å². The SMILES string of the molecule is CC(C)NC(=O)CNC(=O)CCCCCCN.Cl. The number of nitrogens with two attached hydrogens (primary N) is 1. The Balaban J connectivity index is 0. The summed E-state index contributed by atoms with van der Waals surface area (Å²) in [6.07, 6.45) is 4.44. The molecule has 0 bridgehead atoms. The van der Waals surface area contributed by atoms with E-state index in [4.69, 9.17) is 5.73 Å². The smallest absolute Gasteiger partial charge is 0.239 e. The van der Waals surface area contributed by atoms with Crippen LogP contribution in [0.25, 0.3) is 0 Å². The molecule has 0 radical (unpaired) electrons. The van der Waals surface area contributed by atoms with Crippen molar-refractivity contribution in [3.8, 4) is 0 Å². The van der Waals surface area contributed by atoms with Crippen molar-refractivity contribution in [2.24, 2.45) is 5.73 Å². The van der Waals surface area contributed by atoms with Crippen LogP contribution in [0.1, 0.15) is 46.0 Å². The molecule has 0 aliphatic rings. The molecule has 0 heterocycles. The third kappa shape index (κ3) is 13.3. The van der Waals surface area contributed by atoms with Crippen LogP contribution < -0.4 is 16.4 Å². The van der Waals surface area contributed by atoms with Gasteiger partial charge in [-0.25, -0.2) is 0 Å². The number of nitrogens with one attached hydrogen (secondary N) is 2. The summed E-state index contributed by atoms with van der Waals surface area (Å²) in [5.74, 6) is -0.201. The second-order valence-corrected chi connectivity index (χ2v) is 4.45. The second-order valence-electron chi connectivity index (χ2n) is 4.45. The van der Waals surface area contributed by atoms with Gasteiger partial charge in [0, 0.05) is 12.5 Å². The molecule has 18 heavy (non-hydrogen) atoms. The van der Waals surface area contributed by atoms with E-state index in [-0.39, 0.29) is 36.8 Å². The molecule has 0 fully saturated rings. The quantitative estimate of drug-likeness (QED) is 0.550. The van der Waals surface area contributed by atoms with E-state index in [1.807, 2.05) is 13.8 Å². The summed E-state index contributed by atoms with van der Waals surface area (Å²) < 4.78 is 0. The molecule has 2 amide bonds. The lowest BCUT2D eigenvalue weighted by Crippen LogP contribution is -2.39. The topological polar surface area (TPSA) is 84.2 Å². The first-order valence-electron chi connectivity index (χ1n) is 6.32. The van der Waals surface area contributed by atoms with Crippen molar-refractivity contribution in [2.45, 2.75) is 52.0 Å². The van der Waals surface area contributed by atoms with E-state index in [0.717, 1.165) is 25.7 Å². The summed E-state index contributed by atoms with van der Waals surface area (Å²) in [6, 6.07) is 0.107. The molecule has 0 aliphatic heterocycles. The number of hydrogen-bond acceptors (Lipinski definition) is 3. The van der Waals surface area contributed by atoms with Gasteiger partial charge in [0.1, 0.15) is 0 Å². The molecule has 0 aliphatic carbocycles. The van der Waals surface area contributed by atoms with Crippen molar-refractivity contribution in [3.05, 3.63) is 0 Å². The molecule has 108 valence electrons. The minimum absolute atomic E-state index is 0. The molecule has 0 spiro atoms. The summed E-state index contributed by atoms with van der Waals surface area (Å²) in [5, 5.41) is 5.32. The summed E-state index contributed by atoms with van der Waals surface area (Å²) in [5.41, 5.74) is 5.37. The Hall–Kier alpha value is -0.810. The van der Waals surface area contributed by atoms with Gasteiger partial charge in [0.15, 0.2) is 0 Å². The zero-order valence-corrected chi connectivity index (χ0v) is 12.1. The highest BCUT2D eigenvalue weighted by Crippen LogP contribution is 2.01. The molecule has 0 aromatic rings. The molecular formula is C12H26ClN3O2. The predicted octanol–water partition coefficient (Wildman–Crippen LogP) is 0.958. The van der Waals surface area contributed by atoms with Crippen LogP contribution in [0.15, 0.2) is 0 Å². The van der Waals surface area contributed by atoms with Crippen LogP contribution in [0.2, 0.25) is 0 Å². The Morgan fingerprint density at radius 1 is 1.06 bits per heavy atom. The lowest BCUT2D eigenvalue weighted by molar-refractivity contribution is -0.126. The molecule has 0 saturated heterocycles. The lowest BCUT2D eigenvalue weighted by atomic mass is 10.1. The van der Waals surface area contributed by atoms with Gasteiger partial charge in [0.05, 0.1) is 6.54 Å². The van der Waals surface area contributed by atoms with E-state index < -0.39 is 0 Å². The monoisotopic (exact) mass is 279 g/mol. The molecule has 0 aromatic carbocycles. The first kappa shape index (κ1) is 19.5. The Kier molecular flexibility index (Phi) is 13.7. The maximum absolute atomic E-state index is 11.4. The van der Waals surface area contributed by atoms with Crippen LogP contribution in [0, 0.1) is 0 Å². The van der Waals surface area contributed by atoms with Crippen molar-refractivity contribution >= 4 is 24.2 Å². The second kappa shape index (κ2) is 12.6. The first-order valence-corrected chi connectivity index (χ1v) is 6.32. The van der Waals surface area contributed by atoms with Crippen molar-refractivity contribution in [2.75, 3.05) is 13.1 Å². The fourth-order valence-corrected chi connectivity index (χ4v) is 1.42. The van der Waals surface area contributed by atoms with Crippen LogP contribution in [0.4, 0.5) is 0 Å². The normalized spacial score (nSPS) is 9.78. The molecule has 0 aromatic heterocycles. The number of carbonyl (C=O) groups excluding carboxylic acids is 2. The maximum atomic E-state index is 11.4.